The van der Waals surface area contributed by atoms with E-state index in [1.807, 2.05) is 27.1 Å². The van der Waals surface area contributed by atoms with Gasteiger partial charge in [-0.25, -0.2) is 9.97 Å². The smallest absolute Gasteiger partial charge is 0.378 e. The molecule has 1 fully saturated rings. The summed E-state index contributed by atoms with van der Waals surface area (Å²) in [5.41, 5.74) is -0.0559. The molecule has 0 saturated carbocycles. The number of nitrogens with zero attached hydrogens (tertiary/aromatic N) is 4. The highest BCUT2D eigenvalue weighted by atomic mass is 35.5. The molecule has 1 aromatic carbocycles. The maximum absolute atomic E-state index is 13.0. The SMILES string of the molecule is CCN1CCC(CNc2cc(C)nc(CC(=O)Cc3ccc(C(F)(F)F)c(Cl)c3)n2)(C(=S)NCCN(C)C)C1. The molecule has 1 atom stereocenters. The molecule has 39 heavy (non-hydrogen) atoms. The number of rotatable bonds is 12. The van der Waals surface area contributed by atoms with Crippen molar-refractivity contribution in [2.45, 2.75) is 39.3 Å². The number of alkyl halides is 3. The largest absolute Gasteiger partial charge is 0.417 e. The van der Waals surface area contributed by atoms with Gasteiger partial charge in [-0.3, -0.25) is 4.79 Å². The summed E-state index contributed by atoms with van der Waals surface area (Å²) in [4.78, 5) is 27.0. The average molecular weight is 585 g/mol. The van der Waals surface area contributed by atoms with Gasteiger partial charge in [-0.2, -0.15) is 13.2 Å². The Kier molecular flexibility index (Phi) is 10.7. The predicted molar refractivity (Wildman–Crippen MR) is 152 cm³/mol. The number of hydrogen-bond acceptors (Lipinski definition) is 7. The van der Waals surface area contributed by atoms with E-state index in [1.54, 1.807) is 0 Å². The molecule has 0 aliphatic carbocycles. The highest BCUT2D eigenvalue weighted by Gasteiger charge is 2.41. The first-order valence-electron chi connectivity index (χ1n) is 12.9. The van der Waals surface area contributed by atoms with E-state index in [0.717, 1.165) is 50.2 Å². The predicted octanol–water partition coefficient (Wildman–Crippen LogP) is 4.41. The van der Waals surface area contributed by atoms with Gasteiger partial charge >= 0.3 is 6.18 Å². The molecule has 1 aliphatic heterocycles. The van der Waals surface area contributed by atoms with Crippen LogP contribution in [0.2, 0.25) is 5.02 Å². The summed E-state index contributed by atoms with van der Waals surface area (Å²) in [6, 6.07) is 5.18. The highest BCUT2D eigenvalue weighted by molar-refractivity contribution is 7.80. The Morgan fingerprint density at radius 3 is 2.59 bits per heavy atom. The van der Waals surface area contributed by atoms with Crippen LogP contribution in [0.25, 0.3) is 0 Å². The molecule has 2 aromatic rings. The number of nitrogens with one attached hydrogen (secondary N) is 2. The van der Waals surface area contributed by atoms with Crippen molar-refractivity contribution in [3.05, 3.63) is 51.9 Å². The fraction of sp³-hybridized carbons (Fsp3) is 0.556. The fourth-order valence-corrected chi connectivity index (χ4v) is 5.29. The normalized spacial score (nSPS) is 18.0. The lowest BCUT2D eigenvalue weighted by Gasteiger charge is -2.31. The summed E-state index contributed by atoms with van der Waals surface area (Å²) in [6.07, 6.45) is -3.74. The fourth-order valence-electron chi connectivity index (χ4n) is 4.64. The van der Waals surface area contributed by atoms with Gasteiger partial charge in [-0.1, -0.05) is 36.8 Å². The van der Waals surface area contributed by atoms with E-state index in [4.69, 9.17) is 23.8 Å². The van der Waals surface area contributed by atoms with E-state index in [-0.39, 0.29) is 24.0 Å². The van der Waals surface area contributed by atoms with Crippen LogP contribution in [0.3, 0.4) is 0 Å². The van der Waals surface area contributed by atoms with Gasteiger partial charge in [0.1, 0.15) is 17.4 Å². The van der Waals surface area contributed by atoms with E-state index in [0.29, 0.717) is 29.4 Å². The molecule has 1 saturated heterocycles. The molecule has 12 heteroatoms. The van der Waals surface area contributed by atoms with Crippen molar-refractivity contribution in [2.24, 2.45) is 5.41 Å². The summed E-state index contributed by atoms with van der Waals surface area (Å²) in [6.45, 7) is 8.96. The number of likely N-dealkylation sites (N-methyl/N-ethyl adjacent to an activating group) is 1. The number of benzene rings is 1. The number of Topliss-reactive ketones (excluding diaryl/α,β-unsaturated/α-hetero) is 1. The maximum Gasteiger partial charge on any atom is 0.417 e. The molecular weight excluding hydrogens is 549 g/mol. The summed E-state index contributed by atoms with van der Waals surface area (Å²) in [5, 5.41) is 6.44. The summed E-state index contributed by atoms with van der Waals surface area (Å²) in [7, 11) is 4.05. The summed E-state index contributed by atoms with van der Waals surface area (Å²) < 4.78 is 38.9. The number of aryl methyl sites for hydroxylation is 1. The number of ketones is 1. The minimum Gasteiger partial charge on any atom is -0.378 e. The monoisotopic (exact) mass is 584 g/mol. The Morgan fingerprint density at radius 2 is 1.97 bits per heavy atom. The van der Waals surface area contributed by atoms with Crippen LogP contribution < -0.4 is 10.6 Å². The zero-order chi connectivity index (χ0) is 28.8. The lowest BCUT2D eigenvalue weighted by molar-refractivity contribution is -0.137. The van der Waals surface area contributed by atoms with Crippen molar-refractivity contribution in [1.82, 2.24) is 25.1 Å². The third-order valence-corrected chi connectivity index (χ3v) is 7.70. The quantitative estimate of drug-likeness (QED) is 0.356. The second-order valence-corrected chi connectivity index (χ2v) is 11.1. The van der Waals surface area contributed by atoms with E-state index >= 15 is 0 Å². The van der Waals surface area contributed by atoms with Crippen molar-refractivity contribution in [2.75, 3.05) is 58.7 Å². The lowest BCUT2D eigenvalue weighted by atomic mass is 9.86. The molecule has 1 aliphatic rings. The van der Waals surface area contributed by atoms with Crippen LogP contribution in [0.15, 0.2) is 24.3 Å². The molecule has 0 spiro atoms. The minimum absolute atomic E-state index is 0.0474. The van der Waals surface area contributed by atoms with Gasteiger partial charge in [0.05, 0.1) is 27.4 Å². The van der Waals surface area contributed by atoms with Gasteiger partial charge in [-0.15, -0.1) is 0 Å². The first kappa shape index (κ1) is 31.2. The van der Waals surface area contributed by atoms with Gasteiger partial charge in [-0.05, 0) is 58.2 Å². The van der Waals surface area contributed by atoms with Crippen LogP contribution in [0.4, 0.5) is 19.0 Å². The van der Waals surface area contributed by atoms with Crippen LogP contribution in [-0.2, 0) is 23.8 Å². The number of halogens is 4. The number of carbonyl (C=O) groups is 1. The zero-order valence-corrected chi connectivity index (χ0v) is 24.4. The maximum atomic E-state index is 13.0. The number of thiocarbonyl (C=S) groups is 1. The first-order chi connectivity index (χ1) is 18.3. The number of anilines is 1. The van der Waals surface area contributed by atoms with E-state index < -0.39 is 16.8 Å². The molecule has 1 aromatic heterocycles. The lowest BCUT2D eigenvalue weighted by Crippen LogP contribution is -2.47. The minimum atomic E-state index is -4.55. The highest BCUT2D eigenvalue weighted by Crippen LogP contribution is 2.35. The average Bonchev–Trinajstić information content (AvgIpc) is 3.26. The van der Waals surface area contributed by atoms with Crippen LogP contribution in [0, 0.1) is 12.3 Å². The van der Waals surface area contributed by atoms with Gasteiger partial charge in [0, 0.05) is 44.4 Å². The molecule has 214 valence electrons. The molecule has 7 nitrogen and oxygen atoms in total. The Morgan fingerprint density at radius 1 is 1.23 bits per heavy atom. The molecule has 3 rings (SSSR count). The number of hydrogen-bond donors (Lipinski definition) is 2. The standard InChI is InChI=1S/C27H36ClF3N6OS/c1-5-37-10-8-26(17-37,25(39)32-9-11-36(3)4)16-33-23-12-18(2)34-24(35-23)15-20(38)13-19-6-7-21(22(28)14-19)27(29,30)31/h6-7,12,14H,5,8-11,13,15-17H2,1-4H3,(H,32,39)(H,33,34,35). The Balaban J connectivity index is 1.67. The van der Waals surface area contributed by atoms with Crippen LogP contribution in [0.1, 0.15) is 36.0 Å². The molecule has 2 N–H and O–H groups in total. The molecule has 0 bridgehead atoms. The third-order valence-electron chi connectivity index (χ3n) is 6.81. The Labute approximate surface area is 238 Å². The van der Waals surface area contributed by atoms with Crippen molar-refractivity contribution in [3.63, 3.8) is 0 Å². The van der Waals surface area contributed by atoms with Crippen molar-refractivity contribution in [3.8, 4) is 0 Å². The van der Waals surface area contributed by atoms with Gasteiger partial charge in [0.2, 0.25) is 0 Å². The number of carbonyl (C=O) groups excluding carboxylic acids is 1. The van der Waals surface area contributed by atoms with Crippen molar-refractivity contribution in [1.29, 1.82) is 0 Å². The van der Waals surface area contributed by atoms with Crippen molar-refractivity contribution < 1.29 is 18.0 Å². The molecule has 0 radical (unpaired) electrons. The van der Waals surface area contributed by atoms with Gasteiger partial charge < -0.3 is 20.4 Å². The van der Waals surface area contributed by atoms with E-state index in [1.165, 1.54) is 12.1 Å². The van der Waals surface area contributed by atoms with Gasteiger partial charge in [0.25, 0.3) is 0 Å². The summed E-state index contributed by atoms with van der Waals surface area (Å²) in [5.74, 6) is 0.732. The molecule has 0 amide bonds. The van der Waals surface area contributed by atoms with Crippen LogP contribution in [-0.4, -0.2) is 83.9 Å². The van der Waals surface area contributed by atoms with Gasteiger partial charge in [0.15, 0.2) is 0 Å². The Bertz CT molecular complexity index is 1180. The van der Waals surface area contributed by atoms with E-state index in [2.05, 4.69) is 37.3 Å². The third kappa shape index (κ3) is 8.83. The summed E-state index contributed by atoms with van der Waals surface area (Å²) >= 11 is 11.7. The molecule has 1 unspecified atom stereocenters. The topological polar surface area (TPSA) is 73.4 Å². The molecular formula is C27H36ClF3N6OS. The number of aromatic nitrogens is 2. The number of likely N-dealkylation sites (tertiary alicyclic amines) is 1. The van der Waals surface area contributed by atoms with E-state index in [9.17, 15) is 18.0 Å². The molecule has 2 heterocycles. The zero-order valence-electron chi connectivity index (χ0n) is 22.8. The van der Waals surface area contributed by atoms with Crippen LogP contribution in [0.5, 0.6) is 0 Å². The van der Waals surface area contributed by atoms with Crippen LogP contribution >= 0.6 is 23.8 Å². The van der Waals surface area contributed by atoms with Crippen molar-refractivity contribution >= 4 is 40.4 Å². The second-order valence-electron chi connectivity index (χ2n) is 10.3. The first-order valence-corrected chi connectivity index (χ1v) is 13.7. The second kappa shape index (κ2) is 13.3. The Hall–Kier alpha value is -2.34.